The molecular formula is C11H16NOSi. The molecule has 75 valence electrons. The largest absolute Gasteiger partial charge is 0.316 e. The smallest absolute Gasteiger partial charge is 0.223 e. The molecule has 3 heteroatoms. The Balaban J connectivity index is 2.99. The summed E-state index contributed by atoms with van der Waals surface area (Å²) in [5, 5.41) is 1.36. The van der Waals surface area contributed by atoms with Gasteiger partial charge in [0.1, 0.15) is 0 Å². The zero-order valence-corrected chi connectivity index (χ0v) is 10.2. The van der Waals surface area contributed by atoms with E-state index < -0.39 is 8.80 Å². The second-order valence-corrected chi connectivity index (χ2v) is 6.21. The highest BCUT2D eigenvalue weighted by atomic mass is 28.3. The van der Waals surface area contributed by atoms with Crippen molar-refractivity contribution in [3.05, 3.63) is 24.3 Å². The molecule has 0 N–H and O–H groups in total. The van der Waals surface area contributed by atoms with Crippen LogP contribution in [0.4, 0.5) is 5.69 Å². The number of amides is 1. The molecule has 0 aliphatic carbocycles. The predicted molar refractivity (Wildman–Crippen MR) is 62.6 cm³/mol. The second-order valence-electron chi connectivity index (χ2n) is 3.63. The number of carbonyl (C=O) groups excluding carboxylic acids is 1. The molecule has 0 saturated heterocycles. The van der Waals surface area contributed by atoms with Crippen molar-refractivity contribution in [2.75, 3.05) is 11.9 Å². The van der Waals surface area contributed by atoms with E-state index in [-0.39, 0.29) is 5.91 Å². The van der Waals surface area contributed by atoms with Gasteiger partial charge in [0.05, 0.1) is 8.80 Å². The summed E-state index contributed by atoms with van der Waals surface area (Å²) in [5.74, 6) is 0.0723. The summed E-state index contributed by atoms with van der Waals surface area (Å²) in [6, 6.07) is 8.22. The van der Waals surface area contributed by atoms with Crippen LogP contribution in [0.25, 0.3) is 0 Å². The van der Waals surface area contributed by atoms with E-state index in [0.29, 0.717) is 0 Å². The van der Waals surface area contributed by atoms with Crippen LogP contribution in [0.5, 0.6) is 0 Å². The average Bonchev–Trinajstić information content (AvgIpc) is 2.16. The number of hydrogen-bond acceptors (Lipinski definition) is 1. The molecule has 2 nitrogen and oxygen atoms in total. The van der Waals surface area contributed by atoms with Gasteiger partial charge in [-0.25, -0.2) is 0 Å². The van der Waals surface area contributed by atoms with Gasteiger partial charge in [0.2, 0.25) is 5.91 Å². The molecule has 1 amide bonds. The third-order valence-corrected chi connectivity index (χ3v) is 3.75. The van der Waals surface area contributed by atoms with Crippen molar-refractivity contribution in [3.8, 4) is 0 Å². The zero-order chi connectivity index (χ0) is 10.7. The first kappa shape index (κ1) is 11.0. The number of anilines is 1. The van der Waals surface area contributed by atoms with E-state index in [1.54, 1.807) is 18.9 Å². The van der Waals surface area contributed by atoms with Gasteiger partial charge in [-0.1, -0.05) is 30.4 Å². The highest BCUT2D eigenvalue weighted by molar-refractivity contribution is 6.70. The third kappa shape index (κ3) is 2.45. The van der Waals surface area contributed by atoms with E-state index in [1.807, 2.05) is 12.1 Å². The zero-order valence-electron chi connectivity index (χ0n) is 9.16. The summed E-state index contributed by atoms with van der Waals surface area (Å²) in [4.78, 5) is 12.8. The average molecular weight is 206 g/mol. The van der Waals surface area contributed by atoms with Crippen LogP contribution in [0.3, 0.4) is 0 Å². The SMILES string of the molecule is CC(=O)N(C)c1cccc([Si](C)C)c1. The van der Waals surface area contributed by atoms with Crippen molar-refractivity contribution < 1.29 is 4.79 Å². The van der Waals surface area contributed by atoms with Gasteiger partial charge in [-0.3, -0.25) is 4.79 Å². The summed E-state index contributed by atoms with van der Waals surface area (Å²) >= 11 is 0. The van der Waals surface area contributed by atoms with Gasteiger partial charge in [-0.2, -0.15) is 0 Å². The fourth-order valence-electron chi connectivity index (χ4n) is 1.21. The number of nitrogens with zero attached hydrogens (tertiary/aromatic N) is 1. The first-order chi connectivity index (χ1) is 6.52. The van der Waals surface area contributed by atoms with Crippen molar-refractivity contribution in [1.29, 1.82) is 0 Å². The highest BCUT2D eigenvalue weighted by Crippen LogP contribution is 2.10. The Morgan fingerprint density at radius 1 is 1.36 bits per heavy atom. The van der Waals surface area contributed by atoms with Gasteiger partial charge in [0.15, 0.2) is 0 Å². The molecule has 0 unspecified atom stereocenters. The van der Waals surface area contributed by atoms with Gasteiger partial charge in [0, 0.05) is 19.7 Å². The molecule has 0 aromatic heterocycles. The Morgan fingerprint density at radius 2 is 2.00 bits per heavy atom. The van der Waals surface area contributed by atoms with Crippen LogP contribution in [-0.4, -0.2) is 21.8 Å². The number of carbonyl (C=O) groups is 1. The van der Waals surface area contributed by atoms with Crippen molar-refractivity contribution in [3.63, 3.8) is 0 Å². The topological polar surface area (TPSA) is 20.3 Å². The quantitative estimate of drug-likeness (QED) is 0.674. The minimum Gasteiger partial charge on any atom is -0.316 e. The lowest BCUT2D eigenvalue weighted by atomic mass is 10.3. The Labute approximate surface area is 87.2 Å². The van der Waals surface area contributed by atoms with Gasteiger partial charge < -0.3 is 4.90 Å². The van der Waals surface area contributed by atoms with Crippen LogP contribution in [-0.2, 0) is 4.79 Å². The van der Waals surface area contributed by atoms with Gasteiger partial charge >= 0.3 is 0 Å². The molecule has 1 aromatic rings. The van der Waals surface area contributed by atoms with E-state index in [1.165, 1.54) is 5.19 Å². The highest BCUT2D eigenvalue weighted by Gasteiger charge is 2.07. The number of rotatable bonds is 2. The normalized spacial score (nSPS) is 10.4. The Hall–Kier alpha value is -1.09. The molecule has 0 saturated carbocycles. The van der Waals surface area contributed by atoms with Crippen molar-refractivity contribution >= 4 is 25.6 Å². The molecule has 1 aromatic carbocycles. The monoisotopic (exact) mass is 206 g/mol. The lowest BCUT2D eigenvalue weighted by molar-refractivity contribution is -0.116. The van der Waals surface area contributed by atoms with Crippen molar-refractivity contribution in [2.24, 2.45) is 0 Å². The molecular weight excluding hydrogens is 190 g/mol. The number of hydrogen-bond donors (Lipinski definition) is 0. The van der Waals surface area contributed by atoms with Crippen LogP contribution in [0.15, 0.2) is 24.3 Å². The molecule has 1 rings (SSSR count). The van der Waals surface area contributed by atoms with Crippen molar-refractivity contribution in [1.82, 2.24) is 0 Å². The maximum atomic E-state index is 11.2. The molecule has 0 heterocycles. The standard InChI is InChI=1S/C11H16NOSi/c1-9(13)12(2)10-6-5-7-11(8-10)14(3)4/h5-8H,1-4H3. The van der Waals surface area contributed by atoms with Crippen LogP contribution >= 0.6 is 0 Å². The van der Waals surface area contributed by atoms with Crippen molar-refractivity contribution in [2.45, 2.75) is 20.0 Å². The van der Waals surface area contributed by atoms with Gasteiger partial charge in [-0.15, -0.1) is 0 Å². The Morgan fingerprint density at radius 3 is 2.50 bits per heavy atom. The third-order valence-electron chi connectivity index (χ3n) is 2.28. The fraction of sp³-hybridized carbons (Fsp3) is 0.364. The first-order valence-electron chi connectivity index (χ1n) is 4.67. The van der Waals surface area contributed by atoms with Crippen LogP contribution in [0.2, 0.25) is 13.1 Å². The summed E-state index contributed by atoms with van der Waals surface area (Å²) in [5.41, 5.74) is 0.987. The van der Waals surface area contributed by atoms with Gasteiger partial charge in [0.25, 0.3) is 0 Å². The molecule has 14 heavy (non-hydrogen) atoms. The van der Waals surface area contributed by atoms with E-state index in [4.69, 9.17) is 0 Å². The van der Waals surface area contributed by atoms with Crippen LogP contribution < -0.4 is 10.1 Å². The Bertz CT molecular complexity index is 336. The molecule has 0 spiro atoms. The van der Waals surface area contributed by atoms with Crippen LogP contribution in [0.1, 0.15) is 6.92 Å². The molecule has 0 aliphatic rings. The minimum absolute atomic E-state index is 0.0723. The predicted octanol–water partition coefficient (Wildman–Crippen LogP) is 1.63. The summed E-state index contributed by atoms with van der Waals surface area (Å²) in [6.45, 7) is 6.07. The molecule has 0 fully saturated rings. The van der Waals surface area contributed by atoms with E-state index in [0.717, 1.165) is 5.69 Å². The second kappa shape index (κ2) is 4.42. The lowest BCUT2D eigenvalue weighted by Crippen LogP contribution is -2.27. The molecule has 1 radical (unpaired) electrons. The summed E-state index contributed by atoms with van der Waals surface area (Å²) in [6.07, 6.45) is 0. The molecule has 0 bridgehead atoms. The first-order valence-corrected chi connectivity index (χ1v) is 7.17. The van der Waals surface area contributed by atoms with Crippen LogP contribution in [0, 0.1) is 0 Å². The minimum atomic E-state index is -0.431. The van der Waals surface area contributed by atoms with E-state index in [2.05, 4.69) is 25.2 Å². The van der Waals surface area contributed by atoms with E-state index >= 15 is 0 Å². The lowest BCUT2D eigenvalue weighted by Gasteiger charge is -2.16. The fourth-order valence-corrected chi connectivity index (χ4v) is 2.07. The maximum absolute atomic E-state index is 11.2. The Kier molecular flexibility index (Phi) is 3.47. The maximum Gasteiger partial charge on any atom is 0.223 e. The number of benzene rings is 1. The van der Waals surface area contributed by atoms with Gasteiger partial charge in [-0.05, 0) is 12.1 Å². The molecule has 0 aliphatic heterocycles. The summed E-state index contributed by atoms with van der Waals surface area (Å²) in [7, 11) is 1.37. The summed E-state index contributed by atoms with van der Waals surface area (Å²) < 4.78 is 0. The van der Waals surface area contributed by atoms with E-state index in [9.17, 15) is 4.79 Å². The molecule has 0 atom stereocenters.